The van der Waals surface area contributed by atoms with E-state index in [1.807, 2.05) is 5.38 Å². The molecule has 0 unspecified atom stereocenters. The van der Waals surface area contributed by atoms with Gasteiger partial charge in [-0.15, -0.1) is 21.5 Å². The average Bonchev–Trinajstić information content (AvgIpc) is 3.16. The van der Waals surface area contributed by atoms with E-state index in [0.29, 0.717) is 21.5 Å². The fourth-order valence-corrected chi connectivity index (χ4v) is 2.88. The summed E-state index contributed by atoms with van der Waals surface area (Å²) in [7, 11) is 0. The number of carbonyl (C=O) groups excluding carboxylic acids is 1. The molecule has 0 aliphatic rings. The lowest BCUT2D eigenvalue weighted by atomic mass is 10.3. The van der Waals surface area contributed by atoms with Crippen molar-refractivity contribution in [2.75, 3.05) is 4.90 Å². The van der Waals surface area contributed by atoms with Crippen LogP contribution in [0.4, 0.5) is 10.8 Å². The molecule has 1 amide bonds. The number of carbonyl (C=O) groups is 1. The molecule has 0 aliphatic carbocycles. The van der Waals surface area contributed by atoms with E-state index < -0.39 is 0 Å². The molecule has 0 saturated heterocycles. The van der Waals surface area contributed by atoms with E-state index in [1.54, 1.807) is 30.5 Å². The van der Waals surface area contributed by atoms with Gasteiger partial charge in [0, 0.05) is 17.3 Å². The molecule has 0 atom stereocenters. The van der Waals surface area contributed by atoms with Gasteiger partial charge < -0.3 is 0 Å². The Morgan fingerprint density at radius 2 is 2.17 bits per heavy atom. The molecule has 9 heteroatoms. The summed E-state index contributed by atoms with van der Waals surface area (Å²) in [5.41, 5.74) is 1.30. The summed E-state index contributed by atoms with van der Waals surface area (Å²) in [6.45, 7) is 1.48. The molecule has 0 spiro atoms. The Hall–Kier alpha value is -2.58. The first-order chi connectivity index (χ1) is 11.1. The Morgan fingerprint density at radius 3 is 2.87 bits per heavy atom. The normalized spacial score (nSPS) is 11.0. The van der Waals surface area contributed by atoms with E-state index in [-0.39, 0.29) is 5.91 Å². The van der Waals surface area contributed by atoms with Crippen molar-refractivity contribution >= 4 is 45.9 Å². The van der Waals surface area contributed by atoms with E-state index >= 15 is 0 Å². The third-order valence-corrected chi connectivity index (χ3v) is 3.89. The molecule has 23 heavy (non-hydrogen) atoms. The van der Waals surface area contributed by atoms with Gasteiger partial charge in [0.15, 0.2) is 5.13 Å². The highest BCUT2D eigenvalue weighted by Gasteiger charge is 2.17. The van der Waals surface area contributed by atoms with Gasteiger partial charge in [-0.3, -0.25) is 9.69 Å². The maximum absolute atomic E-state index is 12.0. The van der Waals surface area contributed by atoms with E-state index in [0.717, 1.165) is 0 Å². The number of hydrogen-bond acceptors (Lipinski definition) is 6. The molecule has 116 valence electrons. The predicted octanol–water partition coefficient (Wildman–Crippen LogP) is 2.95. The lowest BCUT2D eigenvalue weighted by Crippen LogP contribution is -2.22. The molecule has 0 saturated carbocycles. The maximum Gasteiger partial charge on any atom is 0.230 e. The number of anilines is 2. The Kier molecular flexibility index (Phi) is 4.45. The van der Waals surface area contributed by atoms with Crippen LogP contribution in [0.15, 0.2) is 47.4 Å². The summed E-state index contributed by atoms with van der Waals surface area (Å²) < 4.78 is 1.46. The van der Waals surface area contributed by atoms with Crippen LogP contribution < -0.4 is 4.90 Å². The average molecular weight is 347 g/mol. The number of halogens is 1. The molecule has 3 aromatic rings. The summed E-state index contributed by atoms with van der Waals surface area (Å²) in [4.78, 5) is 17.9. The zero-order chi connectivity index (χ0) is 16.2. The Morgan fingerprint density at radius 1 is 1.39 bits per heavy atom. The second kappa shape index (κ2) is 6.67. The fraction of sp³-hybridized carbons (Fsp3) is 0.0714. The highest BCUT2D eigenvalue weighted by atomic mass is 35.5. The van der Waals surface area contributed by atoms with E-state index in [9.17, 15) is 4.79 Å². The fourth-order valence-electron chi connectivity index (χ4n) is 1.86. The van der Waals surface area contributed by atoms with Crippen molar-refractivity contribution in [1.82, 2.24) is 19.9 Å². The van der Waals surface area contributed by atoms with E-state index in [4.69, 9.17) is 11.6 Å². The van der Waals surface area contributed by atoms with Crippen LogP contribution in [0.3, 0.4) is 0 Å². The topological polar surface area (TPSA) is 76.3 Å². The van der Waals surface area contributed by atoms with Gasteiger partial charge >= 0.3 is 0 Å². The SMILES string of the molecule is CC(=O)N(c1cccc(Cl)c1)c1nc(/C=N\n2cnnc2)cs1. The molecule has 0 aliphatic heterocycles. The molecule has 3 rings (SSSR count). The zero-order valence-electron chi connectivity index (χ0n) is 12.0. The van der Waals surface area contributed by atoms with E-state index in [1.165, 1.54) is 40.5 Å². The van der Waals surface area contributed by atoms with Crippen LogP contribution in [0.2, 0.25) is 5.02 Å². The molecule has 1 aromatic carbocycles. The summed E-state index contributed by atoms with van der Waals surface area (Å²) in [5, 5.41) is 14.3. The lowest BCUT2D eigenvalue weighted by molar-refractivity contribution is -0.115. The largest absolute Gasteiger partial charge is 0.274 e. The van der Waals surface area contributed by atoms with Crippen LogP contribution >= 0.6 is 22.9 Å². The zero-order valence-corrected chi connectivity index (χ0v) is 13.6. The summed E-state index contributed by atoms with van der Waals surface area (Å²) >= 11 is 7.35. The molecule has 7 nitrogen and oxygen atoms in total. The van der Waals surface area contributed by atoms with Gasteiger partial charge in [-0.25, -0.2) is 9.66 Å². The number of thiazole rings is 1. The van der Waals surface area contributed by atoms with Crippen LogP contribution in [-0.4, -0.2) is 32.0 Å². The Labute approximate surface area is 140 Å². The Balaban J connectivity index is 1.88. The molecule has 0 N–H and O–H groups in total. The number of aromatic nitrogens is 4. The highest BCUT2D eigenvalue weighted by molar-refractivity contribution is 7.14. The van der Waals surface area contributed by atoms with Gasteiger partial charge in [-0.05, 0) is 18.2 Å². The van der Waals surface area contributed by atoms with Gasteiger partial charge in [0.2, 0.25) is 5.91 Å². The quantitative estimate of drug-likeness (QED) is 0.680. The first kappa shape index (κ1) is 15.3. The summed E-state index contributed by atoms with van der Waals surface area (Å²) in [5.74, 6) is -0.149. The first-order valence-electron chi connectivity index (χ1n) is 6.54. The predicted molar refractivity (Wildman–Crippen MR) is 89.4 cm³/mol. The lowest BCUT2D eigenvalue weighted by Gasteiger charge is -2.17. The maximum atomic E-state index is 12.0. The third-order valence-electron chi connectivity index (χ3n) is 2.81. The highest BCUT2D eigenvalue weighted by Crippen LogP contribution is 2.30. The van der Waals surface area contributed by atoms with Crippen molar-refractivity contribution in [3.05, 3.63) is 53.0 Å². The van der Waals surface area contributed by atoms with Crippen LogP contribution in [0.1, 0.15) is 12.6 Å². The number of amides is 1. The van der Waals surface area contributed by atoms with Crippen LogP contribution in [-0.2, 0) is 4.79 Å². The molecule has 0 fully saturated rings. The van der Waals surface area contributed by atoms with Crippen LogP contribution in [0, 0.1) is 0 Å². The van der Waals surface area contributed by atoms with Gasteiger partial charge in [0.1, 0.15) is 12.7 Å². The second-order valence-electron chi connectivity index (χ2n) is 4.48. The van der Waals surface area contributed by atoms with Crippen molar-refractivity contribution in [3.63, 3.8) is 0 Å². The minimum atomic E-state index is -0.149. The molecular weight excluding hydrogens is 336 g/mol. The standard InChI is InChI=1S/C14H11ClN6OS/c1-10(22)21(13-4-2-3-11(15)5-13)14-19-12(7-23-14)6-18-20-8-16-17-9-20/h2-9H,1H3/b18-6-. The van der Waals surface area contributed by atoms with Gasteiger partial charge in [0.05, 0.1) is 17.6 Å². The van der Waals surface area contributed by atoms with Crippen LogP contribution in [0.5, 0.6) is 0 Å². The second-order valence-corrected chi connectivity index (χ2v) is 5.75. The summed E-state index contributed by atoms with van der Waals surface area (Å²) in [6, 6.07) is 7.06. The molecule has 0 radical (unpaired) electrons. The molecular formula is C14H11ClN6OS. The van der Waals surface area contributed by atoms with Gasteiger partial charge in [0.25, 0.3) is 0 Å². The van der Waals surface area contributed by atoms with Crippen molar-refractivity contribution in [1.29, 1.82) is 0 Å². The van der Waals surface area contributed by atoms with Crippen molar-refractivity contribution in [2.24, 2.45) is 5.10 Å². The number of rotatable bonds is 4. The van der Waals surface area contributed by atoms with Crippen molar-refractivity contribution in [2.45, 2.75) is 6.92 Å². The van der Waals surface area contributed by atoms with Crippen molar-refractivity contribution in [3.8, 4) is 0 Å². The number of hydrogen-bond donors (Lipinski definition) is 0. The minimum absolute atomic E-state index is 0.149. The van der Waals surface area contributed by atoms with Crippen molar-refractivity contribution < 1.29 is 4.79 Å². The van der Waals surface area contributed by atoms with E-state index in [2.05, 4.69) is 20.3 Å². The third kappa shape index (κ3) is 3.61. The number of benzene rings is 1. The first-order valence-corrected chi connectivity index (χ1v) is 7.80. The smallest absolute Gasteiger partial charge is 0.230 e. The molecule has 2 heterocycles. The molecule has 2 aromatic heterocycles. The molecule has 0 bridgehead atoms. The van der Waals surface area contributed by atoms with Crippen LogP contribution in [0.25, 0.3) is 0 Å². The monoisotopic (exact) mass is 346 g/mol. The number of nitrogens with zero attached hydrogens (tertiary/aromatic N) is 6. The summed E-state index contributed by atoms with van der Waals surface area (Å²) in [6.07, 6.45) is 4.51. The van der Waals surface area contributed by atoms with Gasteiger partial charge in [-0.1, -0.05) is 17.7 Å². The Bertz CT molecular complexity index is 845. The minimum Gasteiger partial charge on any atom is -0.274 e. The van der Waals surface area contributed by atoms with Gasteiger partial charge in [-0.2, -0.15) is 5.10 Å².